The fourth-order valence-corrected chi connectivity index (χ4v) is 6.64. The van der Waals surface area contributed by atoms with Crippen molar-refractivity contribution in [1.82, 2.24) is 10.3 Å². The second kappa shape index (κ2) is 10.4. The van der Waals surface area contributed by atoms with Crippen LogP contribution in [0.2, 0.25) is 0 Å². The monoisotopic (exact) mass is 492 g/mol. The number of halogens is 1. The number of aromatic nitrogens is 1. The van der Waals surface area contributed by atoms with E-state index in [4.69, 9.17) is 9.47 Å². The van der Waals surface area contributed by atoms with Gasteiger partial charge in [0.15, 0.2) is 0 Å². The number of nitrogens with one attached hydrogen (secondary N) is 1. The average Bonchev–Trinajstić information content (AvgIpc) is 3.15. The van der Waals surface area contributed by atoms with Crippen LogP contribution in [0.15, 0.2) is 48.7 Å². The molecule has 1 saturated heterocycles. The summed E-state index contributed by atoms with van der Waals surface area (Å²) in [6.45, 7) is 4.15. The number of rotatable bonds is 5. The third-order valence-electron chi connectivity index (χ3n) is 8.18. The number of ether oxygens (including phenoxy) is 2. The molecule has 0 unspecified atom stereocenters. The fraction of sp³-hybridized carbons (Fsp3) is 0.483. The molecule has 1 aromatic carbocycles. The highest BCUT2D eigenvalue weighted by molar-refractivity contribution is 5.75. The van der Waals surface area contributed by atoms with Gasteiger partial charge in [0.05, 0.1) is 18.2 Å². The molecular formula is C29H33FN2O4. The minimum absolute atomic E-state index is 0.0679. The minimum atomic E-state index is -0.368. The number of hydrogen-bond donors (Lipinski definition) is 1. The van der Waals surface area contributed by atoms with Crippen molar-refractivity contribution in [3.8, 4) is 11.1 Å². The molecule has 3 fully saturated rings. The third kappa shape index (κ3) is 5.01. The molecule has 1 N–H and O–H groups in total. The van der Waals surface area contributed by atoms with Crippen LogP contribution < -0.4 is 5.32 Å². The van der Waals surface area contributed by atoms with Crippen molar-refractivity contribution < 1.29 is 23.5 Å². The van der Waals surface area contributed by atoms with Gasteiger partial charge in [-0.05, 0) is 87.1 Å². The summed E-state index contributed by atoms with van der Waals surface area (Å²) in [6.07, 6.45) is 9.07. The topological polar surface area (TPSA) is 77.5 Å². The van der Waals surface area contributed by atoms with Gasteiger partial charge in [0.25, 0.3) is 0 Å². The molecule has 6 nitrogen and oxygen atoms in total. The quantitative estimate of drug-likeness (QED) is 0.548. The SMILES string of the molecule is CCOC(=O)N[C@@H]1CC[C@@H]2[C@@H](C1)C[C@@H]1C(=O)O[C@H](C)[C@@H]1[C@H]2C=Cc1ccc(-c2cccc(F)c2)cn1. The Morgan fingerprint density at radius 1 is 1.22 bits per heavy atom. The Morgan fingerprint density at radius 3 is 2.83 bits per heavy atom. The summed E-state index contributed by atoms with van der Waals surface area (Å²) in [5.41, 5.74) is 2.48. The lowest BCUT2D eigenvalue weighted by Gasteiger charge is -2.47. The van der Waals surface area contributed by atoms with Crippen LogP contribution in [0.1, 0.15) is 45.2 Å². The van der Waals surface area contributed by atoms with Gasteiger partial charge >= 0.3 is 12.1 Å². The van der Waals surface area contributed by atoms with Crippen LogP contribution in [-0.2, 0) is 14.3 Å². The number of fused-ring (bicyclic) bond motifs is 2. The largest absolute Gasteiger partial charge is 0.462 e. The van der Waals surface area contributed by atoms with Crippen molar-refractivity contribution in [3.63, 3.8) is 0 Å². The maximum Gasteiger partial charge on any atom is 0.407 e. The van der Waals surface area contributed by atoms with Crippen LogP contribution in [-0.4, -0.2) is 35.8 Å². The molecule has 190 valence electrons. The van der Waals surface area contributed by atoms with Crippen LogP contribution in [0.5, 0.6) is 0 Å². The highest BCUT2D eigenvalue weighted by Gasteiger charge is 2.54. The van der Waals surface area contributed by atoms with E-state index >= 15 is 0 Å². The smallest absolute Gasteiger partial charge is 0.407 e. The normalized spacial score (nSPS) is 31.4. The predicted molar refractivity (Wildman–Crippen MR) is 134 cm³/mol. The average molecular weight is 493 g/mol. The molecule has 2 heterocycles. The molecule has 1 amide bonds. The number of nitrogens with zero attached hydrogens (tertiary/aromatic N) is 1. The van der Waals surface area contributed by atoms with Crippen molar-refractivity contribution in [2.45, 2.75) is 51.7 Å². The first-order chi connectivity index (χ1) is 17.4. The van der Waals surface area contributed by atoms with E-state index in [0.717, 1.165) is 42.5 Å². The molecule has 0 bridgehead atoms. The van der Waals surface area contributed by atoms with Crippen LogP contribution in [0, 0.1) is 35.4 Å². The van der Waals surface area contributed by atoms with Gasteiger partial charge in [0.1, 0.15) is 11.9 Å². The minimum Gasteiger partial charge on any atom is -0.462 e. The fourth-order valence-electron chi connectivity index (χ4n) is 6.64. The van der Waals surface area contributed by atoms with Crippen molar-refractivity contribution in [1.29, 1.82) is 0 Å². The summed E-state index contributed by atoms with van der Waals surface area (Å²) in [5, 5.41) is 3.00. The lowest BCUT2D eigenvalue weighted by molar-refractivity contribution is -0.144. The van der Waals surface area contributed by atoms with Gasteiger partial charge in [-0.1, -0.05) is 24.3 Å². The Balaban J connectivity index is 1.34. The molecule has 0 radical (unpaired) electrons. The van der Waals surface area contributed by atoms with Gasteiger partial charge in [-0.3, -0.25) is 9.78 Å². The predicted octanol–water partition coefficient (Wildman–Crippen LogP) is 5.63. The van der Waals surface area contributed by atoms with Gasteiger partial charge in [0.2, 0.25) is 0 Å². The summed E-state index contributed by atoms with van der Waals surface area (Å²) in [4.78, 5) is 29.2. The van der Waals surface area contributed by atoms with Gasteiger partial charge in [0, 0.05) is 23.7 Å². The van der Waals surface area contributed by atoms with E-state index in [0.29, 0.717) is 18.4 Å². The Kier molecular flexibility index (Phi) is 7.08. The highest BCUT2D eigenvalue weighted by atomic mass is 19.1. The zero-order valence-corrected chi connectivity index (χ0v) is 20.7. The Labute approximate surface area is 211 Å². The van der Waals surface area contributed by atoms with Crippen molar-refractivity contribution in [2.24, 2.45) is 29.6 Å². The molecule has 3 aliphatic rings. The molecular weight excluding hydrogens is 459 g/mol. The van der Waals surface area contributed by atoms with E-state index in [1.54, 1.807) is 19.2 Å². The molecule has 0 spiro atoms. The number of allylic oxidation sites excluding steroid dienone is 1. The number of carbonyl (C=O) groups is 2. The first-order valence-electron chi connectivity index (χ1n) is 13.0. The van der Waals surface area contributed by atoms with Crippen LogP contribution in [0.3, 0.4) is 0 Å². The zero-order chi connectivity index (χ0) is 25.2. The summed E-state index contributed by atoms with van der Waals surface area (Å²) >= 11 is 0. The lowest BCUT2D eigenvalue weighted by Crippen LogP contribution is -2.48. The summed E-state index contributed by atoms with van der Waals surface area (Å²) in [5.74, 6) is 0.629. The maximum atomic E-state index is 13.6. The van der Waals surface area contributed by atoms with Crippen molar-refractivity contribution >= 4 is 18.1 Å². The van der Waals surface area contributed by atoms with E-state index in [9.17, 15) is 14.0 Å². The third-order valence-corrected chi connectivity index (χ3v) is 8.18. The van der Waals surface area contributed by atoms with E-state index in [-0.39, 0.29) is 47.8 Å². The van der Waals surface area contributed by atoms with Crippen LogP contribution in [0.25, 0.3) is 17.2 Å². The number of cyclic esters (lactones) is 1. The first kappa shape index (κ1) is 24.5. The molecule has 7 heteroatoms. The van der Waals surface area contributed by atoms with Gasteiger partial charge in [-0.2, -0.15) is 0 Å². The van der Waals surface area contributed by atoms with E-state index in [2.05, 4.69) is 16.4 Å². The number of amides is 1. The summed E-state index contributed by atoms with van der Waals surface area (Å²) < 4.78 is 24.3. The molecule has 2 aromatic rings. The Hall–Kier alpha value is -3.22. The second-order valence-electron chi connectivity index (χ2n) is 10.3. The van der Waals surface area contributed by atoms with Crippen molar-refractivity contribution in [3.05, 3.63) is 60.2 Å². The number of carbonyl (C=O) groups excluding carboxylic acids is 2. The van der Waals surface area contributed by atoms with Crippen molar-refractivity contribution in [2.75, 3.05) is 6.61 Å². The molecule has 1 aliphatic heterocycles. The number of pyridine rings is 1. The Bertz CT molecular complexity index is 1130. The van der Waals surface area contributed by atoms with Crippen LogP contribution in [0.4, 0.5) is 9.18 Å². The van der Waals surface area contributed by atoms with E-state index in [1.165, 1.54) is 12.1 Å². The zero-order valence-electron chi connectivity index (χ0n) is 20.7. The van der Waals surface area contributed by atoms with Crippen LogP contribution >= 0.6 is 0 Å². The summed E-state index contributed by atoms with van der Waals surface area (Å²) in [6, 6.07) is 10.4. The van der Waals surface area contributed by atoms with E-state index in [1.807, 2.05) is 31.2 Å². The first-order valence-corrected chi connectivity index (χ1v) is 13.0. The molecule has 5 rings (SSSR count). The number of alkyl carbamates (subject to hydrolysis) is 1. The second-order valence-corrected chi connectivity index (χ2v) is 10.3. The molecule has 7 atom stereocenters. The molecule has 2 saturated carbocycles. The highest BCUT2D eigenvalue weighted by Crippen LogP contribution is 2.53. The van der Waals surface area contributed by atoms with Gasteiger partial charge in [-0.15, -0.1) is 0 Å². The Morgan fingerprint density at radius 2 is 2.08 bits per heavy atom. The molecule has 36 heavy (non-hydrogen) atoms. The van der Waals surface area contributed by atoms with E-state index < -0.39 is 0 Å². The van der Waals surface area contributed by atoms with Gasteiger partial charge in [-0.25, -0.2) is 9.18 Å². The lowest BCUT2D eigenvalue weighted by atomic mass is 9.57. The van der Waals surface area contributed by atoms with Gasteiger partial charge < -0.3 is 14.8 Å². The maximum absolute atomic E-state index is 13.6. The number of hydrogen-bond acceptors (Lipinski definition) is 5. The standard InChI is InChI=1S/C29H33FN2O4/c1-3-35-29(34)32-23-10-11-24-20(14-23)15-26-27(17(2)36-28(26)33)25(24)12-9-22-8-7-19(16-31-22)18-5-4-6-21(30)13-18/h4-9,12-13,16-17,20,23-27H,3,10-11,14-15H2,1-2H3,(H,32,34)/t17-,20+,23-,24-,25+,26+,27-/m1/s1. The summed E-state index contributed by atoms with van der Waals surface area (Å²) in [7, 11) is 0. The number of benzene rings is 1. The number of esters is 1. The molecule has 1 aromatic heterocycles. The molecule has 2 aliphatic carbocycles.